The summed E-state index contributed by atoms with van der Waals surface area (Å²) in [4.78, 5) is 16.5. The molecule has 0 saturated heterocycles. The van der Waals surface area contributed by atoms with E-state index < -0.39 is 0 Å². The van der Waals surface area contributed by atoms with E-state index in [1.165, 1.54) is 0 Å². The number of carbonyl (C=O) groups excluding carboxylic acids is 1. The van der Waals surface area contributed by atoms with Crippen LogP contribution >= 0.6 is 24.4 Å². The molecule has 0 bridgehead atoms. The van der Waals surface area contributed by atoms with Gasteiger partial charge in [0.1, 0.15) is 0 Å². The van der Waals surface area contributed by atoms with Crippen LogP contribution in [0.25, 0.3) is 0 Å². The molecule has 4 heteroatoms. The van der Waals surface area contributed by atoms with Gasteiger partial charge in [0, 0.05) is 27.8 Å². The van der Waals surface area contributed by atoms with Crippen LogP contribution in [0.2, 0.25) is 0 Å². The van der Waals surface area contributed by atoms with E-state index in [9.17, 15) is 4.79 Å². The first-order chi connectivity index (χ1) is 12.0. The molecule has 1 unspecified atom stereocenters. The van der Waals surface area contributed by atoms with E-state index in [1.807, 2.05) is 68.5 Å². The molecule has 2 aliphatic rings. The van der Waals surface area contributed by atoms with Gasteiger partial charge in [-0.25, -0.2) is 0 Å². The summed E-state index contributed by atoms with van der Waals surface area (Å²) < 4.78 is 0. The zero-order valence-corrected chi connectivity index (χ0v) is 15.9. The second-order valence-electron chi connectivity index (χ2n) is 6.21. The fourth-order valence-corrected chi connectivity index (χ4v) is 3.38. The molecular weight excluding hydrogens is 346 g/mol. The van der Waals surface area contributed by atoms with Gasteiger partial charge in [0.15, 0.2) is 0 Å². The predicted octanol–water partition coefficient (Wildman–Crippen LogP) is 5.04. The summed E-state index contributed by atoms with van der Waals surface area (Å²) in [7, 11) is 0. The first-order valence-electron chi connectivity index (χ1n) is 8.23. The van der Waals surface area contributed by atoms with Crippen LogP contribution in [0.3, 0.4) is 0 Å². The molecule has 3 rings (SSSR count). The molecule has 1 aromatic rings. The Balaban J connectivity index is 2.11. The Morgan fingerprint density at radius 3 is 2.72 bits per heavy atom. The first-order valence-corrected chi connectivity index (χ1v) is 9.04. The standard InChI is InChI=1S/C21H19NOS2/c1-14-7-5-9-16(13-14)22(18-11-6-8-15(2)20(18)25)21(23)17-10-3-4-12-19(17)24/h3-11,13,15H,12H2,1-2H3. The summed E-state index contributed by atoms with van der Waals surface area (Å²) in [5.41, 5.74) is 3.20. The molecule has 2 nitrogen and oxygen atoms in total. The normalized spacial score (nSPS) is 19.5. The Bertz CT molecular complexity index is 874. The maximum atomic E-state index is 13.4. The number of rotatable bonds is 3. The highest BCUT2D eigenvalue weighted by atomic mass is 32.1. The number of benzene rings is 1. The molecule has 1 aromatic carbocycles. The molecule has 1 amide bonds. The van der Waals surface area contributed by atoms with Crippen molar-refractivity contribution in [3.8, 4) is 0 Å². The number of amides is 1. The minimum absolute atomic E-state index is 0.113. The molecule has 0 spiro atoms. The van der Waals surface area contributed by atoms with Gasteiger partial charge in [0.2, 0.25) is 0 Å². The number of thiocarbonyl (C=S) groups is 2. The van der Waals surface area contributed by atoms with E-state index >= 15 is 0 Å². The molecule has 0 heterocycles. The number of aryl methyl sites for hydroxylation is 1. The van der Waals surface area contributed by atoms with Crippen molar-refractivity contribution < 1.29 is 4.79 Å². The van der Waals surface area contributed by atoms with Crippen LogP contribution in [0.1, 0.15) is 18.9 Å². The van der Waals surface area contributed by atoms with E-state index in [4.69, 9.17) is 24.4 Å². The van der Waals surface area contributed by atoms with E-state index in [0.717, 1.165) is 21.8 Å². The second kappa shape index (κ2) is 7.38. The smallest absolute Gasteiger partial charge is 0.264 e. The number of hydrogen-bond acceptors (Lipinski definition) is 3. The summed E-state index contributed by atoms with van der Waals surface area (Å²) in [6.07, 6.45) is 12.2. The van der Waals surface area contributed by atoms with E-state index in [-0.39, 0.29) is 11.8 Å². The van der Waals surface area contributed by atoms with Crippen LogP contribution in [0, 0.1) is 12.8 Å². The molecule has 1 atom stereocenters. The third-order valence-corrected chi connectivity index (χ3v) is 5.22. The lowest BCUT2D eigenvalue weighted by atomic mass is 9.96. The van der Waals surface area contributed by atoms with Crippen molar-refractivity contribution in [3.05, 3.63) is 77.6 Å². The lowest BCUT2D eigenvalue weighted by molar-refractivity contribution is -0.114. The average molecular weight is 366 g/mol. The molecule has 2 aliphatic carbocycles. The number of nitrogens with zero attached hydrogens (tertiary/aromatic N) is 1. The van der Waals surface area contributed by atoms with Crippen molar-refractivity contribution in [2.75, 3.05) is 4.90 Å². The lowest BCUT2D eigenvalue weighted by Gasteiger charge is -2.30. The van der Waals surface area contributed by atoms with Gasteiger partial charge in [0.05, 0.1) is 11.3 Å². The quantitative estimate of drug-likeness (QED) is 0.700. The number of allylic oxidation sites excluding steroid dienone is 7. The Labute approximate surface area is 159 Å². The van der Waals surface area contributed by atoms with Crippen LogP contribution in [-0.4, -0.2) is 15.6 Å². The monoisotopic (exact) mass is 365 g/mol. The van der Waals surface area contributed by atoms with Gasteiger partial charge in [-0.05, 0) is 36.8 Å². The van der Waals surface area contributed by atoms with Crippen LogP contribution in [-0.2, 0) is 4.79 Å². The van der Waals surface area contributed by atoms with E-state index in [1.54, 1.807) is 11.0 Å². The highest BCUT2D eigenvalue weighted by Gasteiger charge is 2.29. The van der Waals surface area contributed by atoms with Crippen molar-refractivity contribution in [2.45, 2.75) is 20.3 Å². The van der Waals surface area contributed by atoms with Crippen LogP contribution in [0.15, 0.2) is 72.0 Å². The van der Waals surface area contributed by atoms with Crippen LogP contribution in [0.4, 0.5) is 5.69 Å². The average Bonchev–Trinajstić information content (AvgIpc) is 2.59. The highest BCUT2D eigenvalue weighted by molar-refractivity contribution is 7.81. The minimum atomic E-state index is -0.129. The summed E-state index contributed by atoms with van der Waals surface area (Å²) in [6, 6.07) is 7.88. The van der Waals surface area contributed by atoms with Gasteiger partial charge in [-0.3, -0.25) is 9.69 Å². The fourth-order valence-electron chi connectivity index (χ4n) is 2.89. The second-order valence-corrected chi connectivity index (χ2v) is 7.14. The Morgan fingerprint density at radius 1 is 1.20 bits per heavy atom. The first kappa shape index (κ1) is 17.6. The van der Waals surface area contributed by atoms with Crippen molar-refractivity contribution >= 4 is 45.8 Å². The molecule has 0 saturated carbocycles. The van der Waals surface area contributed by atoms with Crippen molar-refractivity contribution in [2.24, 2.45) is 5.92 Å². The van der Waals surface area contributed by atoms with Gasteiger partial charge < -0.3 is 0 Å². The zero-order valence-electron chi connectivity index (χ0n) is 14.2. The molecule has 126 valence electrons. The summed E-state index contributed by atoms with van der Waals surface area (Å²) >= 11 is 11.0. The van der Waals surface area contributed by atoms with Crippen molar-refractivity contribution in [1.29, 1.82) is 0 Å². The van der Waals surface area contributed by atoms with Gasteiger partial charge in [0.25, 0.3) is 5.91 Å². The highest BCUT2D eigenvalue weighted by Crippen LogP contribution is 2.29. The Hall–Kier alpha value is -2.17. The van der Waals surface area contributed by atoms with Gasteiger partial charge in [-0.1, -0.05) is 67.8 Å². The van der Waals surface area contributed by atoms with Gasteiger partial charge in [-0.2, -0.15) is 0 Å². The summed E-state index contributed by atoms with van der Waals surface area (Å²) in [5.74, 6) is -0.0154. The predicted molar refractivity (Wildman–Crippen MR) is 112 cm³/mol. The molecular formula is C21H19NOS2. The van der Waals surface area contributed by atoms with Crippen molar-refractivity contribution in [1.82, 2.24) is 0 Å². The van der Waals surface area contributed by atoms with Gasteiger partial charge >= 0.3 is 0 Å². The maximum Gasteiger partial charge on any atom is 0.264 e. The van der Waals surface area contributed by atoms with Gasteiger partial charge in [-0.15, -0.1) is 0 Å². The number of anilines is 1. The summed E-state index contributed by atoms with van der Waals surface area (Å²) in [5, 5.41) is 0. The van der Waals surface area contributed by atoms with E-state index in [0.29, 0.717) is 16.9 Å². The third-order valence-electron chi connectivity index (χ3n) is 4.26. The minimum Gasteiger partial charge on any atom is -0.276 e. The fraction of sp³-hybridized carbons (Fsp3) is 0.190. The summed E-state index contributed by atoms with van der Waals surface area (Å²) in [6.45, 7) is 4.05. The van der Waals surface area contributed by atoms with Crippen LogP contribution in [0.5, 0.6) is 0 Å². The topological polar surface area (TPSA) is 20.3 Å². The SMILES string of the molecule is Cc1cccc(N(C(=O)C2=CC=CCC2=S)C2=CC=CC(C)C2=S)c1. The Morgan fingerprint density at radius 2 is 2.00 bits per heavy atom. The largest absolute Gasteiger partial charge is 0.276 e. The Kier molecular flexibility index (Phi) is 5.21. The van der Waals surface area contributed by atoms with Crippen LogP contribution < -0.4 is 4.90 Å². The molecule has 0 fully saturated rings. The molecule has 25 heavy (non-hydrogen) atoms. The third kappa shape index (κ3) is 3.60. The molecule has 0 aromatic heterocycles. The number of hydrogen-bond donors (Lipinski definition) is 0. The van der Waals surface area contributed by atoms with E-state index in [2.05, 4.69) is 0 Å². The number of carbonyl (C=O) groups is 1. The maximum absolute atomic E-state index is 13.4. The zero-order chi connectivity index (χ0) is 18.0. The lowest BCUT2D eigenvalue weighted by Crippen LogP contribution is -2.38. The molecule has 0 N–H and O–H groups in total. The van der Waals surface area contributed by atoms with Crippen molar-refractivity contribution in [3.63, 3.8) is 0 Å². The molecule has 0 radical (unpaired) electrons. The molecule has 0 aliphatic heterocycles.